The minimum absolute atomic E-state index is 0.000496. The fourth-order valence-electron chi connectivity index (χ4n) is 4.65. The lowest BCUT2D eigenvalue weighted by molar-refractivity contribution is -0.116. The van der Waals surface area contributed by atoms with E-state index in [1.165, 1.54) is 51.4 Å². The van der Waals surface area contributed by atoms with E-state index >= 15 is 0 Å². The van der Waals surface area contributed by atoms with Crippen molar-refractivity contribution >= 4 is 23.2 Å². The summed E-state index contributed by atoms with van der Waals surface area (Å²) in [5.41, 5.74) is 2.42. The number of amides is 2. The maximum Gasteiger partial charge on any atom is 0.253 e. The van der Waals surface area contributed by atoms with Gasteiger partial charge in [0.05, 0.1) is 5.56 Å². The lowest BCUT2D eigenvalue weighted by atomic mass is 9.95. The molecule has 0 bridgehead atoms. The van der Waals surface area contributed by atoms with Crippen molar-refractivity contribution in [2.75, 3.05) is 23.3 Å². The van der Waals surface area contributed by atoms with Crippen molar-refractivity contribution in [1.82, 2.24) is 5.32 Å². The number of carbonyl (C=O) groups excluding carboxylic acids is 2. The molecule has 5 nitrogen and oxygen atoms in total. The van der Waals surface area contributed by atoms with Crippen molar-refractivity contribution < 1.29 is 9.59 Å². The molecule has 0 aromatic heterocycles. The van der Waals surface area contributed by atoms with Crippen LogP contribution in [0.1, 0.15) is 101 Å². The molecular formula is C25H39N3O2. The van der Waals surface area contributed by atoms with Gasteiger partial charge in [-0.25, -0.2) is 0 Å². The number of anilines is 2. The van der Waals surface area contributed by atoms with Gasteiger partial charge in [-0.3, -0.25) is 9.59 Å². The standard InChI is InChI=1S/C25H39N3O2/c1-2-3-4-5-9-14-24(29)26-21-15-16-23(28-17-10-11-18-28)22(19-21)25(30)27-20-12-7-6-8-13-20/h15-16,19-20H,2-14,17-18H2,1H3,(H,26,29)(H,27,30). The zero-order valence-electron chi connectivity index (χ0n) is 18.7. The van der Waals surface area contributed by atoms with Gasteiger partial charge in [0.2, 0.25) is 5.91 Å². The molecule has 1 aromatic rings. The quantitative estimate of drug-likeness (QED) is 0.487. The molecule has 1 aliphatic carbocycles. The summed E-state index contributed by atoms with van der Waals surface area (Å²) in [6, 6.07) is 6.11. The summed E-state index contributed by atoms with van der Waals surface area (Å²) in [7, 11) is 0. The Bertz CT molecular complexity index is 692. The molecule has 0 spiro atoms. The summed E-state index contributed by atoms with van der Waals surface area (Å²) in [5, 5.41) is 6.27. The molecule has 5 heteroatoms. The van der Waals surface area contributed by atoms with Gasteiger partial charge in [-0.1, -0.05) is 51.9 Å². The van der Waals surface area contributed by atoms with Crippen molar-refractivity contribution in [2.24, 2.45) is 0 Å². The molecule has 1 aliphatic heterocycles. The highest BCUT2D eigenvalue weighted by Gasteiger charge is 2.23. The third-order valence-electron chi connectivity index (χ3n) is 6.42. The summed E-state index contributed by atoms with van der Waals surface area (Å²) in [5.74, 6) is 0.0403. The Morgan fingerprint density at radius 3 is 2.43 bits per heavy atom. The maximum atomic E-state index is 13.2. The Hall–Kier alpha value is -2.04. The van der Waals surface area contributed by atoms with Gasteiger partial charge in [-0.2, -0.15) is 0 Å². The molecule has 1 heterocycles. The molecule has 2 fully saturated rings. The third kappa shape index (κ3) is 6.75. The Morgan fingerprint density at radius 1 is 0.967 bits per heavy atom. The number of carbonyl (C=O) groups is 2. The number of rotatable bonds is 10. The van der Waals surface area contributed by atoms with Gasteiger partial charge in [-0.15, -0.1) is 0 Å². The van der Waals surface area contributed by atoms with E-state index in [1.807, 2.05) is 18.2 Å². The van der Waals surface area contributed by atoms with Crippen molar-refractivity contribution in [1.29, 1.82) is 0 Å². The molecule has 1 saturated heterocycles. The van der Waals surface area contributed by atoms with Crippen molar-refractivity contribution in [3.63, 3.8) is 0 Å². The Labute approximate surface area is 182 Å². The average Bonchev–Trinajstić information content (AvgIpc) is 3.29. The van der Waals surface area contributed by atoms with E-state index in [4.69, 9.17) is 0 Å². The molecule has 2 N–H and O–H groups in total. The number of benzene rings is 1. The first-order chi connectivity index (χ1) is 14.7. The second-order valence-corrected chi connectivity index (χ2v) is 8.95. The van der Waals surface area contributed by atoms with Crippen molar-refractivity contribution in [2.45, 2.75) is 96.4 Å². The van der Waals surface area contributed by atoms with Crippen LogP contribution in [0.25, 0.3) is 0 Å². The van der Waals surface area contributed by atoms with E-state index in [0.29, 0.717) is 12.0 Å². The van der Waals surface area contributed by atoms with Gasteiger partial charge in [0, 0.05) is 36.9 Å². The second-order valence-electron chi connectivity index (χ2n) is 8.95. The van der Waals surface area contributed by atoms with Crippen molar-refractivity contribution in [3.05, 3.63) is 23.8 Å². The molecule has 1 aromatic carbocycles. The fourth-order valence-corrected chi connectivity index (χ4v) is 4.65. The van der Waals surface area contributed by atoms with Crippen LogP contribution in [-0.2, 0) is 4.79 Å². The van der Waals surface area contributed by atoms with E-state index in [1.54, 1.807) is 0 Å². The molecule has 2 amide bonds. The maximum absolute atomic E-state index is 13.2. The highest BCUT2D eigenvalue weighted by atomic mass is 16.2. The van der Waals surface area contributed by atoms with E-state index in [-0.39, 0.29) is 17.9 Å². The Kier molecular flexibility index (Phi) is 9.03. The number of hydrogen-bond donors (Lipinski definition) is 2. The van der Waals surface area contributed by atoms with Gasteiger partial charge < -0.3 is 15.5 Å². The topological polar surface area (TPSA) is 61.4 Å². The Balaban J connectivity index is 1.65. The monoisotopic (exact) mass is 413 g/mol. The fraction of sp³-hybridized carbons (Fsp3) is 0.680. The third-order valence-corrected chi connectivity index (χ3v) is 6.42. The van der Waals surface area contributed by atoms with Crippen LogP contribution in [0.2, 0.25) is 0 Å². The second kappa shape index (κ2) is 12.0. The summed E-state index contributed by atoms with van der Waals surface area (Å²) in [6.45, 7) is 4.18. The SMILES string of the molecule is CCCCCCCC(=O)Nc1ccc(N2CCCC2)c(C(=O)NC2CCCCC2)c1. The van der Waals surface area contributed by atoms with Gasteiger partial charge in [0.15, 0.2) is 0 Å². The first-order valence-electron chi connectivity index (χ1n) is 12.2. The highest BCUT2D eigenvalue weighted by molar-refractivity contribution is 6.02. The van der Waals surface area contributed by atoms with Gasteiger partial charge in [0.25, 0.3) is 5.91 Å². The molecule has 0 radical (unpaired) electrons. The minimum atomic E-state index is -0.000496. The van der Waals surface area contributed by atoms with Crippen LogP contribution in [0.5, 0.6) is 0 Å². The van der Waals surface area contributed by atoms with Crippen LogP contribution in [0.3, 0.4) is 0 Å². The van der Waals surface area contributed by atoms with Gasteiger partial charge in [0.1, 0.15) is 0 Å². The summed E-state index contributed by atoms with van der Waals surface area (Å²) >= 11 is 0. The van der Waals surface area contributed by atoms with E-state index in [2.05, 4.69) is 22.5 Å². The lowest BCUT2D eigenvalue weighted by Gasteiger charge is -2.25. The molecule has 2 aliphatic rings. The minimum Gasteiger partial charge on any atom is -0.371 e. The van der Waals surface area contributed by atoms with Crippen LogP contribution in [0.15, 0.2) is 18.2 Å². The largest absolute Gasteiger partial charge is 0.371 e. The van der Waals surface area contributed by atoms with Crippen molar-refractivity contribution in [3.8, 4) is 0 Å². The van der Waals surface area contributed by atoms with Crippen LogP contribution >= 0.6 is 0 Å². The lowest BCUT2D eigenvalue weighted by Crippen LogP contribution is -2.37. The van der Waals surface area contributed by atoms with Crippen LogP contribution in [0.4, 0.5) is 11.4 Å². The van der Waals surface area contributed by atoms with E-state index in [0.717, 1.165) is 50.1 Å². The first-order valence-corrected chi connectivity index (χ1v) is 12.2. The summed E-state index contributed by atoms with van der Waals surface area (Å²) < 4.78 is 0. The predicted octanol–water partition coefficient (Wildman–Crippen LogP) is 5.65. The molecular weight excluding hydrogens is 374 g/mol. The smallest absolute Gasteiger partial charge is 0.253 e. The number of nitrogens with one attached hydrogen (secondary N) is 2. The van der Waals surface area contributed by atoms with Crippen LogP contribution < -0.4 is 15.5 Å². The average molecular weight is 414 g/mol. The van der Waals surface area contributed by atoms with Gasteiger partial charge >= 0.3 is 0 Å². The number of nitrogens with zero attached hydrogens (tertiary/aromatic N) is 1. The highest BCUT2D eigenvalue weighted by Crippen LogP contribution is 2.28. The molecule has 30 heavy (non-hydrogen) atoms. The molecule has 166 valence electrons. The molecule has 1 saturated carbocycles. The predicted molar refractivity (Wildman–Crippen MR) is 124 cm³/mol. The van der Waals surface area contributed by atoms with E-state index < -0.39 is 0 Å². The van der Waals surface area contributed by atoms with Crippen LogP contribution in [0, 0.1) is 0 Å². The van der Waals surface area contributed by atoms with Crippen LogP contribution in [-0.4, -0.2) is 30.9 Å². The molecule has 3 rings (SSSR count). The normalized spacial score (nSPS) is 17.2. The summed E-state index contributed by atoms with van der Waals surface area (Å²) in [6.07, 6.45) is 14.3. The molecule has 0 unspecified atom stereocenters. The summed E-state index contributed by atoms with van der Waals surface area (Å²) in [4.78, 5) is 27.8. The number of unbranched alkanes of at least 4 members (excludes halogenated alkanes) is 4. The number of hydrogen-bond acceptors (Lipinski definition) is 3. The molecule has 0 atom stereocenters. The zero-order chi connectivity index (χ0) is 21.2. The van der Waals surface area contributed by atoms with Gasteiger partial charge in [-0.05, 0) is 50.3 Å². The zero-order valence-corrected chi connectivity index (χ0v) is 18.7. The van der Waals surface area contributed by atoms with E-state index in [9.17, 15) is 9.59 Å². The Morgan fingerprint density at radius 2 is 1.70 bits per heavy atom. The first kappa shape index (κ1) is 22.6.